The number of aromatic hydroxyl groups is 1. The molecule has 0 aliphatic carbocycles. The maximum absolute atomic E-state index is 9.92. The monoisotopic (exact) mass is 262 g/mol. The molecular formula is C14H18N2O3. The van der Waals surface area contributed by atoms with Crippen LogP contribution < -0.4 is 0 Å². The highest BCUT2D eigenvalue weighted by atomic mass is 16.5. The van der Waals surface area contributed by atoms with Crippen LogP contribution in [-0.2, 0) is 17.7 Å². The maximum Gasteiger partial charge on any atom is 0.123 e. The fraction of sp³-hybridized carbons (Fsp3) is 0.357. The normalized spacial score (nSPS) is 10.8. The van der Waals surface area contributed by atoms with E-state index in [4.69, 9.17) is 9.84 Å². The Hall–Kier alpha value is -1.85. The summed E-state index contributed by atoms with van der Waals surface area (Å²) in [6.07, 6.45) is 4.16. The third-order valence-electron chi connectivity index (χ3n) is 2.93. The number of phenolic OH excluding ortho intramolecular Hbond substituents is 1. The van der Waals surface area contributed by atoms with E-state index in [1.807, 2.05) is 18.3 Å². The van der Waals surface area contributed by atoms with E-state index >= 15 is 0 Å². The third-order valence-corrected chi connectivity index (χ3v) is 2.93. The van der Waals surface area contributed by atoms with Crippen molar-refractivity contribution in [2.45, 2.75) is 13.0 Å². The van der Waals surface area contributed by atoms with Crippen LogP contribution in [0.4, 0.5) is 0 Å². The summed E-state index contributed by atoms with van der Waals surface area (Å²) >= 11 is 0. The van der Waals surface area contributed by atoms with E-state index < -0.39 is 0 Å². The van der Waals surface area contributed by atoms with Crippen molar-refractivity contribution >= 4 is 0 Å². The van der Waals surface area contributed by atoms with Gasteiger partial charge in [0.1, 0.15) is 5.75 Å². The van der Waals surface area contributed by atoms with E-state index in [1.165, 1.54) is 0 Å². The SMILES string of the molecule is COCCn1cc(-c2cc(CCO)ccc2O)cn1. The van der Waals surface area contributed by atoms with Gasteiger partial charge in [0.05, 0.1) is 19.3 Å². The van der Waals surface area contributed by atoms with Crippen molar-refractivity contribution in [2.24, 2.45) is 0 Å². The molecule has 0 spiro atoms. The number of hydrogen-bond acceptors (Lipinski definition) is 4. The molecule has 2 N–H and O–H groups in total. The van der Waals surface area contributed by atoms with Crippen LogP contribution in [-0.4, -0.2) is 40.3 Å². The van der Waals surface area contributed by atoms with Crippen molar-refractivity contribution in [3.8, 4) is 16.9 Å². The predicted molar refractivity (Wildman–Crippen MR) is 72.0 cm³/mol. The number of benzene rings is 1. The quantitative estimate of drug-likeness (QED) is 0.826. The van der Waals surface area contributed by atoms with Crippen molar-refractivity contribution < 1.29 is 14.9 Å². The zero-order valence-corrected chi connectivity index (χ0v) is 10.9. The number of phenols is 1. The fourth-order valence-corrected chi connectivity index (χ4v) is 1.91. The highest BCUT2D eigenvalue weighted by Gasteiger charge is 2.08. The number of aliphatic hydroxyl groups is 1. The van der Waals surface area contributed by atoms with Gasteiger partial charge in [-0.2, -0.15) is 5.10 Å². The fourth-order valence-electron chi connectivity index (χ4n) is 1.91. The number of rotatable bonds is 6. The highest BCUT2D eigenvalue weighted by molar-refractivity contribution is 5.69. The Labute approximate surface area is 112 Å². The van der Waals surface area contributed by atoms with E-state index in [1.54, 1.807) is 24.1 Å². The van der Waals surface area contributed by atoms with Crippen molar-refractivity contribution in [1.29, 1.82) is 0 Å². The molecule has 0 radical (unpaired) electrons. The summed E-state index contributed by atoms with van der Waals surface area (Å²) in [5.41, 5.74) is 2.57. The molecule has 0 fully saturated rings. The number of aromatic nitrogens is 2. The maximum atomic E-state index is 9.92. The number of aliphatic hydroxyl groups excluding tert-OH is 1. The van der Waals surface area contributed by atoms with E-state index in [-0.39, 0.29) is 12.4 Å². The molecule has 1 aromatic heterocycles. The van der Waals surface area contributed by atoms with E-state index in [2.05, 4.69) is 5.10 Å². The van der Waals surface area contributed by atoms with Crippen molar-refractivity contribution in [2.75, 3.05) is 20.3 Å². The smallest absolute Gasteiger partial charge is 0.123 e. The van der Waals surface area contributed by atoms with Crippen LogP contribution in [0.2, 0.25) is 0 Å². The summed E-state index contributed by atoms with van der Waals surface area (Å²) in [5, 5.41) is 23.1. The average molecular weight is 262 g/mol. The molecule has 5 heteroatoms. The molecule has 1 aromatic carbocycles. The first-order valence-electron chi connectivity index (χ1n) is 6.19. The Morgan fingerprint density at radius 2 is 2.21 bits per heavy atom. The van der Waals surface area contributed by atoms with Gasteiger partial charge < -0.3 is 14.9 Å². The van der Waals surface area contributed by atoms with Crippen LogP contribution in [0.5, 0.6) is 5.75 Å². The summed E-state index contributed by atoms with van der Waals surface area (Å²) in [4.78, 5) is 0. The largest absolute Gasteiger partial charge is 0.507 e. The number of hydrogen-bond donors (Lipinski definition) is 2. The third kappa shape index (κ3) is 3.33. The molecule has 0 amide bonds. The molecule has 0 bridgehead atoms. The van der Waals surface area contributed by atoms with E-state index in [0.29, 0.717) is 19.6 Å². The van der Waals surface area contributed by atoms with Gasteiger partial charge in [0.25, 0.3) is 0 Å². The lowest BCUT2D eigenvalue weighted by Crippen LogP contribution is -2.03. The Balaban J connectivity index is 2.24. The van der Waals surface area contributed by atoms with Gasteiger partial charge in [0.2, 0.25) is 0 Å². The molecule has 0 aliphatic rings. The van der Waals surface area contributed by atoms with Crippen LogP contribution in [0, 0.1) is 0 Å². The van der Waals surface area contributed by atoms with E-state index in [0.717, 1.165) is 16.7 Å². The van der Waals surface area contributed by atoms with Gasteiger partial charge in [-0.1, -0.05) is 6.07 Å². The first kappa shape index (κ1) is 13.6. The lowest BCUT2D eigenvalue weighted by Gasteiger charge is -2.05. The zero-order valence-electron chi connectivity index (χ0n) is 10.9. The Morgan fingerprint density at radius 1 is 1.37 bits per heavy atom. The van der Waals surface area contributed by atoms with E-state index in [9.17, 15) is 5.11 Å². The van der Waals surface area contributed by atoms with Crippen LogP contribution in [0.3, 0.4) is 0 Å². The lowest BCUT2D eigenvalue weighted by molar-refractivity contribution is 0.183. The van der Waals surface area contributed by atoms with Gasteiger partial charge in [-0.05, 0) is 24.1 Å². The van der Waals surface area contributed by atoms with Gasteiger partial charge in [0, 0.05) is 31.0 Å². The van der Waals surface area contributed by atoms with Gasteiger partial charge in [-0.3, -0.25) is 4.68 Å². The predicted octanol–water partition coefficient (Wildman–Crippen LogP) is 1.44. The molecule has 0 atom stereocenters. The summed E-state index contributed by atoms with van der Waals surface area (Å²) < 4.78 is 6.77. The second-order valence-electron chi connectivity index (χ2n) is 4.31. The molecule has 19 heavy (non-hydrogen) atoms. The average Bonchev–Trinajstić information content (AvgIpc) is 2.87. The number of nitrogens with zero attached hydrogens (tertiary/aromatic N) is 2. The number of methoxy groups -OCH3 is 1. The van der Waals surface area contributed by atoms with Crippen molar-refractivity contribution in [3.63, 3.8) is 0 Å². The Kier molecular flexibility index (Phi) is 4.54. The van der Waals surface area contributed by atoms with Crippen LogP contribution in [0.25, 0.3) is 11.1 Å². The minimum Gasteiger partial charge on any atom is -0.507 e. The van der Waals surface area contributed by atoms with Gasteiger partial charge in [-0.25, -0.2) is 0 Å². The molecule has 0 aliphatic heterocycles. The second-order valence-corrected chi connectivity index (χ2v) is 4.31. The topological polar surface area (TPSA) is 67.5 Å². The summed E-state index contributed by atoms with van der Waals surface area (Å²) in [5.74, 6) is 0.216. The van der Waals surface area contributed by atoms with Crippen LogP contribution >= 0.6 is 0 Å². The lowest BCUT2D eigenvalue weighted by atomic mass is 10.0. The molecular weight excluding hydrogens is 244 g/mol. The highest BCUT2D eigenvalue weighted by Crippen LogP contribution is 2.29. The minimum absolute atomic E-state index is 0.0946. The Bertz CT molecular complexity index is 537. The minimum atomic E-state index is 0.0946. The van der Waals surface area contributed by atoms with Crippen molar-refractivity contribution in [1.82, 2.24) is 9.78 Å². The van der Waals surface area contributed by atoms with Gasteiger partial charge in [0.15, 0.2) is 0 Å². The standard InChI is InChI=1S/C14H18N2O3/c1-19-7-5-16-10-12(9-15-16)13-8-11(4-6-17)2-3-14(13)18/h2-3,8-10,17-18H,4-7H2,1H3. The van der Waals surface area contributed by atoms with Crippen molar-refractivity contribution in [3.05, 3.63) is 36.2 Å². The molecule has 0 saturated heterocycles. The molecule has 0 saturated carbocycles. The van der Waals surface area contributed by atoms with Gasteiger partial charge >= 0.3 is 0 Å². The summed E-state index contributed by atoms with van der Waals surface area (Å²) in [6.45, 7) is 1.36. The summed E-state index contributed by atoms with van der Waals surface area (Å²) in [7, 11) is 1.65. The van der Waals surface area contributed by atoms with Gasteiger partial charge in [-0.15, -0.1) is 0 Å². The first-order valence-corrected chi connectivity index (χ1v) is 6.19. The molecule has 5 nitrogen and oxygen atoms in total. The molecule has 2 rings (SSSR count). The molecule has 102 valence electrons. The molecule has 2 aromatic rings. The molecule has 0 unspecified atom stereocenters. The Morgan fingerprint density at radius 3 is 2.95 bits per heavy atom. The van der Waals surface area contributed by atoms with Crippen LogP contribution in [0.1, 0.15) is 5.56 Å². The van der Waals surface area contributed by atoms with Crippen LogP contribution in [0.15, 0.2) is 30.6 Å². The summed E-state index contributed by atoms with van der Waals surface area (Å²) in [6, 6.07) is 5.33. The molecule has 1 heterocycles. The zero-order chi connectivity index (χ0) is 13.7. The second kappa shape index (κ2) is 6.36. The number of ether oxygens (including phenoxy) is 1. The first-order chi connectivity index (χ1) is 9.24.